The molecule has 0 aromatic carbocycles. The van der Waals surface area contributed by atoms with Crippen molar-refractivity contribution in [1.82, 2.24) is 4.98 Å². The zero-order valence-electron chi connectivity index (χ0n) is 3.87. The summed E-state index contributed by atoms with van der Waals surface area (Å²) in [5.41, 5.74) is -0.0648. The first-order valence-corrected chi connectivity index (χ1v) is 1.92. The van der Waals surface area contributed by atoms with Crippen molar-refractivity contribution >= 4 is 24.8 Å². The zero-order chi connectivity index (χ0) is 5.98. The molecule has 1 aromatic heterocycles. The molecule has 4 nitrogen and oxygen atoms in total. The Morgan fingerprint density at radius 2 is 2.44 bits per heavy atom. The number of carbonyl (C=O) groups is 1. The SMILES string of the molecule is O=C(O)c1cocn1.[LiH]. The van der Waals surface area contributed by atoms with Gasteiger partial charge in [0, 0.05) is 0 Å². The average Bonchev–Trinajstić information content (AvgIpc) is 2.12. The van der Waals surface area contributed by atoms with Gasteiger partial charge in [-0.1, -0.05) is 0 Å². The minimum atomic E-state index is -1.07. The molecular formula is C4H4LiNO3. The van der Waals surface area contributed by atoms with Crippen molar-refractivity contribution in [3.8, 4) is 0 Å². The number of oxazole rings is 1. The summed E-state index contributed by atoms with van der Waals surface area (Å²) in [6.45, 7) is 0. The second kappa shape index (κ2) is 3.33. The predicted molar refractivity (Wildman–Crippen MR) is 30.6 cm³/mol. The van der Waals surface area contributed by atoms with Crippen LogP contribution in [-0.2, 0) is 0 Å². The molecule has 0 aliphatic rings. The van der Waals surface area contributed by atoms with E-state index in [1.54, 1.807) is 0 Å². The molecule has 44 valence electrons. The first-order valence-electron chi connectivity index (χ1n) is 1.92. The molecule has 1 rings (SSSR count). The Morgan fingerprint density at radius 1 is 1.78 bits per heavy atom. The monoisotopic (exact) mass is 121 g/mol. The van der Waals surface area contributed by atoms with E-state index in [0.29, 0.717) is 0 Å². The maximum absolute atomic E-state index is 9.94. The minimum absolute atomic E-state index is 0. The molecule has 1 heterocycles. The molecule has 0 amide bonds. The van der Waals surface area contributed by atoms with Gasteiger partial charge in [-0.2, -0.15) is 0 Å². The number of carboxylic acid groups (broad SMARTS) is 1. The van der Waals surface area contributed by atoms with E-state index in [1.807, 2.05) is 0 Å². The Balaban J connectivity index is 0.000000640. The second-order valence-corrected chi connectivity index (χ2v) is 1.18. The molecule has 0 spiro atoms. The molecule has 0 aliphatic carbocycles. The fourth-order valence-electron chi connectivity index (χ4n) is 0.318. The summed E-state index contributed by atoms with van der Waals surface area (Å²) in [6.07, 6.45) is 2.14. The number of hydrogen-bond acceptors (Lipinski definition) is 3. The molecule has 0 aliphatic heterocycles. The van der Waals surface area contributed by atoms with Crippen LogP contribution in [-0.4, -0.2) is 34.9 Å². The van der Waals surface area contributed by atoms with Crippen LogP contribution in [0.4, 0.5) is 0 Å². The molecule has 1 aromatic rings. The van der Waals surface area contributed by atoms with Gasteiger partial charge in [-0.25, -0.2) is 9.78 Å². The summed E-state index contributed by atoms with van der Waals surface area (Å²) in [5, 5.41) is 8.15. The van der Waals surface area contributed by atoms with E-state index in [9.17, 15) is 4.79 Å². The van der Waals surface area contributed by atoms with Crippen molar-refractivity contribution in [2.45, 2.75) is 0 Å². The average molecular weight is 121 g/mol. The van der Waals surface area contributed by atoms with E-state index in [1.165, 1.54) is 0 Å². The third-order valence-electron chi connectivity index (χ3n) is 0.651. The summed E-state index contributed by atoms with van der Waals surface area (Å²) in [7, 11) is 0. The van der Waals surface area contributed by atoms with Crippen molar-refractivity contribution in [2.24, 2.45) is 0 Å². The number of hydrogen-bond donors (Lipinski definition) is 1. The van der Waals surface area contributed by atoms with E-state index < -0.39 is 5.97 Å². The summed E-state index contributed by atoms with van der Waals surface area (Å²) >= 11 is 0. The fraction of sp³-hybridized carbons (Fsp3) is 0. The van der Waals surface area contributed by atoms with Crippen LogP contribution >= 0.6 is 0 Å². The third kappa shape index (κ3) is 1.92. The van der Waals surface area contributed by atoms with Gasteiger partial charge in [-0.3, -0.25) is 0 Å². The van der Waals surface area contributed by atoms with Crippen LogP contribution in [0.3, 0.4) is 0 Å². The van der Waals surface area contributed by atoms with Gasteiger partial charge in [0.05, 0.1) is 0 Å². The van der Waals surface area contributed by atoms with Crippen LogP contribution < -0.4 is 0 Å². The third-order valence-corrected chi connectivity index (χ3v) is 0.651. The quantitative estimate of drug-likeness (QED) is 0.519. The second-order valence-electron chi connectivity index (χ2n) is 1.18. The zero-order valence-corrected chi connectivity index (χ0v) is 3.87. The Hall–Kier alpha value is -0.723. The van der Waals surface area contributed by atoms with Crippen molar-refractivity contribution in [3.05, 3.63) is 18.4 Å². The molecule has 5 heteroatoms. The van der Waals surface area contributed by atoms with E-state index in [0.717, 1.165) is 12.7 Å². The predicted octanol–water partition coefficient (Wildman–Crippen LogP) is -0.276. The number of aromatic nitrogens is 1. The topological polar surface area (TPSA) is 63.3 Å². The normalized spacial score (nSPS) is 8.00. The van der Waals surface area contributed by atoms with E-state index in [-0.39, 0.29) is 24.6 Å². The van der Waals surface area contributed by atoms with Crippen molar-refractivity contribution in [3.63, 3.8) is 0 Å². The Labute approximate surface area is 63.1 Å². The standard InChI is InChI=1S/C4H3NO3.Li.H/c6-4(7)3-1-8-2-5-3;;/h1-2H,(H,6,7);;. The van der Waals surface area contributed by atoms with Gasteiger partial charge < -0.3 is 9.52 Å². The molecule has 0 fully saturated rings. The van der Waals surface area contributed by atoms with Gasteiger partial charge in [0.1, 0.15) is 6.26 Å². The summed E-state index contributed by atoms with van der Waals surface area (Å²) in [4.78, 5) is 13.3. The molecule has 0 atom stereocenters. The molecule has 0 unspecified atom stereocenters. The molecular weight excluding hydrogens is 117 g/mol. The van der Waals surface area contributed by atoms with Crippen LogP contribution in [0, 0.1) is 0 Å². The first kappa shape index (κ1) is 8.28. The molecule has 0 saturated carbocycles. The summed E-state index contributed by atoms with van der Waals surface area (Å²) in [6, 6.07) is 0. The first-order chi connectivity index (χ1) is 3.80. The van der Waals surface area contributed by atoms with Gasteiger partial charge in [0.25, 0.3) is 0 Å². The molecule has 0 saturated heterocycles. The van der Waals surface area contributed by atoms with Crippen molar-refractivity contribution in [2.75, 3.05) is 0 Å². The van der Waals surface area contributed by atoms with Gasteiger partial charge in [0.2, 0.25) is 0 Å². The molecule has 1 N–H and O–H groups in total. The molecule has 0 radical (unpaired) electrons. The number of rotatable bonds is 1. The van der Waals surface area contributed by atoms with Crippen LogP contribution in [0.25, 0.3) is 0 Å². The van der Waals surface area contributed by atoms with E-state index in [2.05, 4.69) is 9.40 Å². The van der Waals surface area contributed by atoms with Crippen LogP contribution in [0.2, 0.25) is 0 Å². The van der Waals surface area contributed by atoms with Gasteiger partial charge in [-0.15, -0.1) is 0 Å². The Morgan fingerprint density at radius 3 is 2.67 bits per heavy atom. The maximum atomic E-state index is 9.94. The fourth-order valence-corrected chi connectivity index (χ4v) is 0.318. The Bertz CT molecular complexity index is 184. The van der Waals surface area contributed by atoms with Crippen molar-refractivity contribution in [1.29, 1.82) is 0 Å². The van der Waals surface area contributed by atoms with Crippen molar-refractivity contribution < 1.29 is 14.3 Å². The van der Waals surface area contributed by atoms with Crippen LogP contribution in [0.15, 0.2) is 17.1 Å². The number of nitrogens with zero attached hydrogens (tertiary/aromatic N) is 1. The Kier molecular flexibility index (Phi) is 3.06. The summed E-state index contributed by atoms with van der Waals surface area (Å²) in [5.74, 6) is -1.07. The molecule has 9 heavy (non-hydrogen) atoms. The van der Waals surface area contributed by atoms with E-state index in [4.69, 9.17) is 5.11 Å². The number of aromatic carboxylic acids is 1. The van der Waals surface area contributed by atoms with E-state index >= 15 is 0 Å². The number of carboxylic acids is 1. The van der Waals surface area contributed by atoms with Crippen LogP contribution in [0.5, 0.6) is 0 Å². The van der Waals surface area contributed by atoms with Gasteiger partial charge >= 0.3 is 24.8 Å². The van der Waals surface area contributed by atoms with Gasteiger partial charge in [0.15, 0.2) is 12.1 Å². The summed E-state index contributed by atoms with van der Waals surface area (Å²) < 4.78 is 4.38. The molecule has 0 bridgehead atoms. The van der Waals surface area contributed by atoms with Gasteiger partial charge in [-0.05, 0) is 0 Å². The van der Waals surface area contributed by atoms with Crippen LogP contribution in [0.1, 0.15) is 10.5 Å².